The van der Waals surface area contributed by atoms with E-state index in [1.807, 2.05) is 36.4 Å². The van der Waals surface area contributed by atoms with Crippen LogP contribution in [0.1, 0.15) is 22.3 Å². The zero-order chi connectivity index (χ0) is 14.1. The molecule has 102 valence electrons. The lowest BCUT2D eigenvalue weighted by Crippen LogP contribution is -2.35. The monoisotopic (exact) mass is 379 g/mol. The molecule has 0 spiro atoms. The first-order chi connectivity index (χ1) is 9.66. The van der Waals surface area contributed by atoms with Crippen molar-refractivity contribution in [1.82, 2.24) is 0 Å². The van der Waals surface area contributed by atoms with Crippen molar-refractivity contribution in [2.75, 3.05) is 11.4 Å². The van der Waals surface area contributed by atoms with Crippen molar-refractivity contribution < 1.29 is 9.90 Å². The molecule has 1 amide bonds. The van der Waals surface area contributed by atoms with Crippen LogP contribution in [-0.2, 0) is 6.42 Å². The molecule has 0 saturated heterocycles. The third kappa shape index (κ3) is 2.40. The molecule has 1 N–H and O–H groups in total. The zero-order valence-corrected chi connectivity index (χ0v) is 13.0. The van der Waals surface area contributed by atoms with Crippen molar-refractivity contribution in [2.24, 2.45) is 0 Å². The van der Waals surface area contributed by atoms with Crippen LogP contribution in [0.25, 0.3) is 0 Å². The van der Waals surface area contributed by atoms with Crippen molar-refractivity contribution in [3.63, 3.8) is 0 Å². The fourth-order valence-corrected chi connectivity index (χ4v) is 3.15. The Labute approximate surface area is 131 Å². The Hall–Kier alpha value is -1.56. The first-order valence-corrected chi connectivity index (χ1v) is 7.63. The maximum atomic E-state index is 12.7. The number of aryl methyl sites for hydroxylation is 1. The number of phenols is 1. The van der Waals surface area contributed by atoms with Gasteiger partial charge in [-0.3, -0.25) is 4.79 Å². The second kappa shape index (κ2) is 5.44. The van der Waals surface area contributed by atoms with Crippen molar-refractivity contribution in [3.05, 3.63) is 57.2 Å². The highest BCUT2D eigenvalue weighted by Crippen LogP contribution is 2.36. The highest BCUT2D eigenvalue weighted by molar-refractivity contribution is 14.1. The number of halogens is 1. The van der Waals surface area contributed by atoms with Crippen molar-refractivity contribution in [1.29, 1.82) is 0 Å². The van der Waals surface area contributed by atoms with Gasteiger partial charge in [-0.1, -0.05) is 18.2 Å². The van der Waals surface area contributed by atoms with Gasteiger partial charge < -0.3 is 10.0 Å². The highest BCUT2D eigenvalue weighted by Gasteiger charge is 2.26. The van der Waals surface area contributed by atoms with E-state index >= 15 is 0 Å². The first-order valence-electron chi connectivity index (χ1n) is 6.55. The first kappa shape index (κ1) is 13.4. The summed E-state index contributed by atoms with van der Waals surface area (Å²) in [5, 5.41) is 10.1. The molecule has 0 unspecified atom stereocenters. The predicted octanol–water partition coefficient (Wildman–Crippen LogP) is 3.59. The number of carbonyl (C=O) groups excluding carboxylic acids is 1. The molecule has 1 aliphatic heterocycles. The second-order valence-corrected chi connectivity index (χ2v) is 6.10. The van der Waals surface area contributed by atoms with Gasteiger partial charge >= 0.3 is 0 Å². The average Bonchev–Trinajstić information content (AvgIpc) is 2.46. The van der Waals surface area contributed by atoms with Crippen LogP contribution in [0.5, 0.6) is 5.75 Å². The van der Waals surface area contributed by atoms with E-state index in [0.717, 1.165) is 22.0 Å². The Morgan fingerprint density at radius 2 is 2.00 bits per heavy atom. The van der Waals surface area contributed by atoms with Crippen molar-refractivity contribution in [3.8, 4) is 5.75 Å². The van der Waals surface area contributed by atoms with Gasteiger partial charge in [0.05, 0.1) is 5.69 Å². The minimum Gasteiger partial charge on any atom is -0.506 e. The lowest BCUT2D eigenvalue weighted by atomic mass is 10.00. The molecule has 3 rings (SSSR count). The van der Waals surface area contributed by atoms with Gasteiger partial charge in [0.2, 0.25) is 0 Å². The fourth-order valence-electron chi connectivity index (χ4n) is 2.61. The average molecular weight is 379 g/mol. The van der Waals surface area contributed by atoms with E-state index < -0.39 is 0 Å². The van der Waals surface area contributed by atoms with Gasteiger partial charge in [-0.25, -0.2) is 0 Å². The van der Waals surface area contributed by atoms with Crippen LogP contribution in [0.3, 0.4) is 0 Å². The number of fused-ring (bicyclic) bond motifs is 1. The van der Waals surface area contributed by atoms with Gasteiger partial charge in [-0.15, -0.1) is 0 Å². The summed E-state index contributed by atoms with van der Waals surface area (Å²) in [5.74, 6) is 0.132. The Morgan fingerprint density at radius 1 is 1.20 bits per heavy atom. The molecule has 0 radical (unpaired) electrons. The number of rotatable bonds is 1. The summed E-state index contributed by atoms with van der Waals surface area (Å²) >= 11 is 2.20. The SMILES string of the molecule is O=C(c1cccc(I)c1)N1CCCc2cccc(O)c21. The number of benzene rings is 2. The minimum atomic E-state index is -0.0500. The van der Waals surface area contributed by atoms with Crippen LogP contribution in [0, 0.1) is 3.57 Å². The van der Waals surface area contributed by atoms with Crippen LogP contribution in [-0.4, -0.2) is 17.6 Å². The summed E-state index contributed by atoms with van der Waals surface area (Å²) < 4.78 is 1.03. The van der Waals surface area contributed by atoms with Crippen LogP contribution in [0.15, 0.2) is 42.5 Å². The van der Waals surface area contributed by atoms with Gasteiger partial charge in [0.15, 0.2) is 0 Å². The van der Waals surface area contributed by atoms with Crippen LogP contribution >= 0.6 is 22.6 Å². The molecule has 20 heavy (non-hydrogen) atoms. The molecule has 0 atom stereocenters. The Bertz CT molecular complexity index is 669. The fraction of sp³-hybridized carbons (Fsp3) is 0.188. The molecule has 0 saturated carbocycles. The third-order valence-electron chi connectivity index (χ3n) is 3.51. The van der Waals surface area contributed by atoms with E-state index in [-0.39, 0.29) is 11.7 Å². The number of aromatic hydroxyl groups is 1. The lowest BCUT2D eigenvalue weighted by Gasteiger charge is -2.30. The van der Waals surface area contributed by atoms with E-state index in [4.69, 9.17) is 0 Å². The molecule has 0 aliphatic carbocycles. The van der Waals surface area contributed by atoms with Crippen molar-refractivity contribution in [2.45, 2.75) is 12.8 Å². The molecule has 2 aromatic rings. The van der Waals surface area contributed by atoms with Crippen LogP contribution in [0.2, 0.25) is 0 Å². The summed E-state index contributed by atoms with van der Waals surface area (Å²) in [6, 6.07) is 13.0. The lowest BCUT2D eigenvalue weighted by molar-refractivity contribution is 0.0984. The smallest absolute Gasteiger partial charge is 0.258 e. The van der Waals surface area contributed by atoms with E-state index in [1.165, 1.54) is 0 Å². The van der Waals surface area contributed by atoms with Gasteiger partial charge in [0.25, 0.3) is 5.91 Å². The van der Waals surface area contributed by atoms with Gasteiger partial charge in [0.1, 0.15) is 5.75 Å². The molecule has 1 heterocycles. The number of phenolic OH excluding ortho intramolecular Hbond substituents is 1. The Morgan fingerprint density at radius 3 is 2.80 bits per heavy atom. The maximum Gasteiger partial charge on any atom is 0.258 e. The number of carbonyl (C=O) groups is 1. The Balaban J connectivity index is 2.03. The largest absolute Gasteiger partial charge is 0.506 e. The second-order valence-electron chi connectivity index (χ2n) is 4.86. The molecular weight excluding hydrogens is 365 g/mol. The van der Waals surface area contributed by atoms with E-state index in [1.54, 1.807) is 11.0 Å². The number of hydrogen-bond donors (Lipinski definition) is 1. The number of nitrogens with zero attached hydrogens (tertiary/aromatic N) is 1. The molecule has 2 aromatic carbocycles. The standard InChI is InChI=1S/C16H14INO2/c17-13-7-1-5-12(10-13)16(20)18-9-3-6-11-4-2-8-14(19)15(11)18/h1-2,4-5,7-8,10,19H,3,6,9H2. The molecule has 0 bridgehead atoms. The molecule has 0 aromatic heterocycles. The van der Waals surface area contributed by atoms with Gasteiger partial charge in [0, 0.05) is 15.7 Å². The number of hydrogen-bond acceptors (Lipinski definition) is 2. The van der Waals surface area contributed by atoms with Crippen LogP contribution < -0.4 is 4.90 Å². The summed E-state index contributed by atoms with van der Waals surface area (Å²) in [5.41, 5.74) is 2.37. The van der Waals surface area contributed by atoms with Gasteiger partial charge in [-0.05, 0) is 65.3 Å². The van der Waals surface area contributed by atoms with E-state index in [2.05, 4.69) is 22.6 Å². The Kier molecular flexibility index (Phi) is 3.65. The van der Waals surface area contributed by atoms with E-state index in [9.17, 15) is 9.90 Å². The predicted molar refractivity (Wildman–Crippen MR) is 87.3 cm³/mol. The summed E-state index contributed by atoms with van der Waals surface area (Å²) in [6.45, 7) is 0.648. The minimum absolute atomic E-state index is 0.0500. The highest BCUT2D eigenvalue weighted by atomic mass is 127. The quantitative estimate of drug-likeness (QED) is 0.770. The van der Waals surface area contributed by atoms with Gasteiger partial charge in [-0.2, -0.15) is 0 Å². The number of para-hydroxylation sites is 1. The molecule has 4 heteroatoms. The molecular formula is C16H14INO2. The summed E-state index contributed by atoms with van der Waals surface area (Å²) in [7, 11) is 0. The van der Waals surface area contributed by atoms with Crippen molar-refractivity contribution >= 4 is 34.2 Å². The topological polar surface area (TPSA) is 40.5 Å². The molecule has 0 fully saturated rings. The zero-order valence-electron chi connectivity index (χ0n) is 10.8. The normalized spacial score (nSPS) is 13.9. The molecule has 3 nitrogen and oxygen atoms in total. The number of amides is 1. The number of anilines is 1. The maximum absolute atomic E-state index is 12.7. The van der Waals surface area contributed by atoms with Crippen LogP contribution in [0.4, 0.5) is 5.69 Å². The summed E-state index contributed by atoms with van der Waals surface area (Å²) in [6.07, 6.45) is 1.83. The third-order valence-corrected chi connectivity index (χ3v) is 4.18. The summed E-state index contributed by atoms with van der Waals surface area (Å²) in [4.78, 5) is 14.4. The van der Waals surface area contributed by atoms with E-state index in [0.29, 0.717) is 17.8 Å². The molecule has 1 aliphatic rings.